The molecular weight excluding hydrogens is 446 g/mol. The second-order valence-corrected chi connectivity index (χ2v) is 7.24. The van der Waals surface area contributed by atoms with Crippen LogP contribution >= 0.6 is 27.5 Å². The maximum Gasteiger partial charge on any atom is 0.259 e. The molecule has 0 fully saturated rings. The van der Waals surface area contributed by atoms with Crippen molar-refractivity contribution in [3.63, 3.8) is 0 Å². The molecule has 140 valence electrons. The van der Waals surface area contributed by atoms with Gasteiger partial charge in [-0.2, -0.15) is 0 Å². The maximum absolute atomic E-state index is 12.6. The second kappa shape index (κ2) is 7.61. The van der Waals surface area contributed by atoms with Gasteiger partial charge in [-0.3, -0.25) is 9.78 Å². The molecule has 6 nitrogen and oxygen atoms in total. The van der Waals surface area contributed by atoms with Crippen molar-refractivity contribution in [2.24, 2.45) is 0 Å². The number of oxazole rings is 1. The molecule has 1 N–H and O–H groups in total. The van der Waals surface area contributed by atoms with E-state index in [4.69, 9.17) is 20.8 Å². The molecule has 8 heteroatoms. The number of rotatable bonds is 4. The van der Waals surface area contributed by atoms with Gasteiger partial charge in [0.1, 0.15) is 11.3 Å². The van der Waals surface area contributed by atoms with E-state index < -0.39 is 0 Å². The number of hydrogen-bond acceptors (Lipinski definition) is 5. The molecule has 0 radical (unpaired) electrons. The Morgan fingerprint density at radius 3 is 2.82 bits per heavy atom. The third-order valence-electron chi connectivity index (χ3n) is 4.00. The van der Waals surface area contributed by atoms with E-state index in [9.17, 15) is 4.79 Å². The number of anilines is 1. The van der Waals surface area contributed by atoms with E-state index >= 15 is 0 Å². The van der Waals surface area contributed by atoms with Crippen molar-refractivity contribution >= 4 is 50.2 Å². The molecule has 0 aliphatic heterocycles. The lowest BCUT2D eigenvalue weighted by molar-refractivity contribution is 0.102. The zero-order valence-electron chi connectivity index (χ0n) is 14.6. The van der Waals surface area contributed by atoms with E-state index in [0.29, 0.717) is 39.0 Å². The first kappa shape index (κ1) is 18.5. The highest BCUT2D eigenvalue weighted by Gasteiger charge is 2.15. The van der Waals surface area contributed by atoms with Crippen LogP contribution in [0.1, 0.15) is 10.4 Å². The van der Waals surface area contributed by atoms with Gasteiger partial charge in [0.25, 0.3) is 5.91 Å². The number of nitrogens with one attached hydrogen (secondary N) is 1. The van der Waals surface area contributed by atoms with Gasteiger partial charge in [-0.05, 0) is 58.4 Å². The van der Waals surface area contributed by atoms with Crippen LogP contribution in [-0.4, -0.2) is 23.0 Å². The highest BCUT2D eigenvalue weighted by Crippen LogP contribution is 2.28. The standard InChI is InChI=1S/C20H13BrClN3O3/c1-27-17-4-2-13(22)7-15(17)19(26)24-14-3-5-18-16(8-14)25-20(28-18)11-6-12(21)10-23-9-11/h2-10H,1H3,(H,24,26). The summed E-state index contributed by atoms with van der Waals surface area (Å²) in [6.45, 7) is 0. The molecule has 1 amide bonds. The zero-order chi connectivity index (χ0) is 19.7. The van der Waals surface area contributed by atoms with Gasteiger partial charge in [-0.15, -0.1) is 0 Å². The van der Waals surface area contributed by atoms with Crippen LogP contribution in [0.5, 0.6) is 5.75 Å². The van der Waals surface area contributed by atoms with Gasteiger partial charge in [-0.25, -0.2) is 4.98 Å². The van der Waals surface area contributed by atoms with E-state index in [1.165, 1.54) is 7.11 Å². The molecular formula is C20H13BrClN3O3. The van der Waals surface area contributed by atoms with E-state index in [0.717, 1.165) is 10.0 Å². The number of nitrogens with zero attached hydrogens (tertiary/aromatic N) is 2. The fourth-order valence-electron chi connectivity index (χ4n) is 2.71. The summed E-state index contributed by atoms with van der Waals surface area (Å²) in [4.78, 5) is 21.2. The van der Waals surface area contributed by atoms with E-state index in [-0.39, 0.29) is 5.91 Å². The maximum atomic E-state index is 12.6. The SMILES string of the molecule is COc1ccc(Cl)cc1C(=O)Nc1ccc2oc(-c3cncc(Br)c3)nc2c1. The van der Waals surface area contributed by atoms with Crippen molar-refractivity contribution in [2.45, 2.75) is 0 Å². The minimum absolute atomic E-state index is 0.335. The molecule has 0 aliphatic carbocycles. The molecule has 0 saturated carbocycles. The Bertz CT molecular complexity index is 1190. The summed E-state index contributed by atoms with van der Waals surface area (Å²) in [6.07, 6.45) is 3.35. The number of hydrogen-bond donors (Lipinski definition) is 1. The normalized spacial score (nSPS) is 10.8. The topological polar surface area (TPSA) is 77.2 Å². The highest BCUT2D eigenvalue weighted by molar-refractivity contribution is 9.10. The monoisotopic (exact) mass is 457 g/mol. The third-order valence-corrected chi connectivity index (χ3v) is 4.67. The highest BCUT2D eigenvalue weighted by atomic mass is 79.9. The summed E-state index contributed by atoms with van der Waals surface area (Å²) in [5.74, 6) is 0.552. The Kier molecular flexibility index (Phi) is 5.02. The predicted molar refractivity (Wildman–Crippen MR) is 111 cm³/mol. The van der Waals surface area contributed by atoms with Crippen LogP contribution in [0.15, 0.2) is 63.7 Å². The number of benzene rings is 2. The molecule has 4 aromatic rings. The fraction of sp³-hybridized carbons (Fsp3) is 0.0500. The van der Waals surface area contributed by atoms with Crippen molar-refractivity contribution in [3.05, 3.63) is 69.9 Å². The molecule has 2 aromatic heterocycles. The van der Waals surface area contributed by atoms with Crippen LogP contribution in [0, 0.1) is 0 Å². The first-order chi connectivity index (χ1) is 13.5. The second-order valence-electron chi connectivity index (χ2n) is 5.89. The molecule has 0 unspecified atom stereocenters. The predicted octanol–water partition coefficient (Wildman–Crippen LogP) is 5.57. The van der Waals surface area contributed by atoms with Gasteiger partial charge in [0.2, 0.25) is 5.89 Å². The third kappa shape index (κ3) is 3.72. The van der Waals surface area contributed by atoms with Crippen molar-refractivity contribution in [1.82, 2.24) is 9.97 Å². The number of carbonyl (C=O) groups excluding carboxylic acids is 1. The molecule has 2 heterocycles. The summed E-state index contributed by atoms with van der Waals surface area (Å²) in [5, 5.41) is 3.28. The summed E-state index contributed by atoms with van der Waals surface area (Å²) in [5.41, 5.74) is 2.89. The number of methoxy groups -OCH3 is 1. The molecule has 28 heavy (non-hydrogen) atoms. The van der Waals surface area contributed by atoms with Crippen LogP contribution in [0.25, 0.3) is 22.6 Å². The van der Waals surface area contributed by atoms with Gasteiger partial charge in [0.05, 0.1) is 18.2 Å². The number of amides is 1. The molecule has 0 atom stereocenters. The Morgan fingerprint density at radius 1 is 1.18 bits per heavy atom. The lowest BCUT2D eigenvalue weighted by Crippen LogP contribution is -2.13. The van der Waals surface area contributed by atoms with Gasteiger partial charge in [0, 0.05) is 27.6 Å². The first-order valence-electron chi connectivity index (χ1n) is 8.20. The molecule has 0 spiro atoms. The number of fused-ring (bicyclic) bond motifs is 1. The lowest BCUT2D eigenvalue weighted by atomic mass is 10.1. The Morgan fingerprint density at radius 2 is 2.04 bits per heavy atom. The van der Waals surface area contributed by atoms with Gasteiger partial charge in [0.15, 0.2) is 5.58 Å². The quantitative estimate of drug-likeness (QED) is 0.433. The van der Waals surface area contributed by atoms with Crippen molar-refractivity contribution in [1.29, 1.82) is 0 Å². The number of ether oxygens (including phenoxy) is 1. The van der Waals surface area contributed by atoms with Crippen molar-refractivity contribution in [2.75, 3.05) is 12.4 Å². The summed E-state index contributed by atoms with van der Waals surface area (Å²) < 4.78 is 11.8. The van der Waals surface area contributed by atoms with Crippen LogP contribution in [0.2, 0.25) is 5.02 Å². The van der Waals surface area contributed by atoms with Crippen LogP contribution in [-0.2, 0) is 0 Å². The fourth-order valence-corrected chi connectivity index (χ4v) is 3.25. The van der Waals surface area contributed by atoms with Gasteiger partial charge >= 0.3 is 0 Å². The van der Waals surface area contributed by atoms with Crippen LogP contribution in [0.4, 0.5) is 5.69 Å². The zero-order valence-corrected chi connectivity index (χ0v) is 16.9. The van der Waals surface area contributed by atoms with Crippen LogP contribution < -0.4 is 10.1 Å². The largest absolute Gasteiger partial charge is 0.496 e. The molecule has 2 aromatic carbocycles. The Balaban J connectivity index is 1.63. The van der Waals surface area contributed by atoms with Gasteiger partial charge < -0.3 is 14.5 Å². The summed E-state index contributed by atoms with van der Waals surface area (Å²) in [6, 6.07) is 12.0. The molecule has 0 saturated heterocycles. The lowest BCUT2D eigenvalue weighted by Gasteiger charge is -2.09. The summed E-state index contributed by atoms with van der Waals surface area (Å²) >= 11 is 9.39. The minimum Gasteiger partial charge on any atom is -0.496 e. The van der Waals surface area contributed by atoms with Crippen LogP contribution in [0.3, 0.4) is 0 Å². The Hall–Kier alpha value is -2.90. The average Bonchev–Trinajstić information content (AvgIpc) is 3.11. The number of halogens is 2. The van der Waals surface area contributed by atoms with E-state index in [2.05, 4.69) is 31.2 Å². The molecule has 0 aliphatic rings. The van der Waals surface area contributed by atoms with Crippen molar-refractivity contribution < 1.29 is 13.9 Å². The molecule has 0 bridgehead atoms. The number of carbonyl (C=O) groups is 1. The molecule has 4 rings (SSSR count). The number of pyridine rings is 1. The summed E-state index contributed by atoms with van der Waals surface area (Å²) in [7, 11) is 1.50. The van der Waals surface area contributed by atoms with Gasteiger partial charge in [-0.1, -0.05) is 11.6 Å². The smallest absolute Gasteiger partial charge is 0.259 e. The van der Waals surface area contributed by atoms with E-state index in [1.54, 1.807) is 48.8 Å². The minimum atomic E-state index is -0.335. The van der Waals surface area contributed by atoms with E-state index in [1.807, 2.05) is 6.07 Å². The first-order valence-corrected chi connectivity index (χ1v) is 9.37. The average molecular weight is 459 g/mol. The van der Waals surface area contributed by atoms with Crippen molar-refractivity contribution in [3.8, 4) is 17.2 Å². The Labute approximate surface area is 173 Å². The number of aromatic nitrogens is 2.